The summed E-state index contributed by atoms with van der Waals surface area (Å²) in [4.78, 5) is 0. The summed E-state index contributed by atoms with van der Waals surface area (Å²) in [5.41, 5.74) is 0.137. The van der Waals surface area contributed by atoms with Gasteiger partial charge in [0.15, 0.2) is 0 Å². The summed E-state index contributed by atoms with van der Waals surface area (Å²) in [6, 6.07) is 9.73. The van der Waals surface area contributed by atoms with Crippen molar-refractivity contribution in [1.82, 2.24) is 0 Å². The number of aliphatic hydroxyl groups excluding tert-OH is 1. The molecule has 0 heterocycles. The number of rotatable bonds is 2. The van der Waals surface area contributed by atoms with Gasteiger partial charge >= 0.3 is 0 Å². The first kappa shape index (κ1) is 10.7. The molecule has 1 aliphatic carbocycles. The van der Waals surface area contributed by atoms with E-state index in [4.69, 9.17) is 0 Å². The molecule has 2 atom stereocenters. The molecule has 0 spiro atoms. The van der Waals surface area contributed by atoms with Crippen molar-refractivity contribution in [3.05, 3.63) is 35.9 Å². The maximum absolute atomic E-state index is 10.6. The van der Waals surface area contributed by atoms with Crippen LogP contribution in [0.5, 0.6) is 0 Å². The van der Waals surface area contributed by atoms with Gasteiger partial charge < -0.3 is 10.2 Å². The van der Waals surface area contributed by atoms with Crippen molar-refractivity contribution in [1.29, 1.82) is 0 Å². The highest BCUT2D eigenvalue weighted by Gasteiger charge is 2.39. The predicted molar refractivity (Wildman–Crippen MR) is 59.4 cm³/mol. The van der Waals surface area contributed by atoms with Crippen LogP contribution in [0.1, 0.15) is 31.2 Å². The molecule has 1 aromatic rings. The highest BCUT2D eigenvalue weighted by atomic mass is 16.3. The molecule has 2 rings (SSSR count). The third kappa shape index (κ3) is 1.92. The second-order valence-corrected chi connectivity index (χ2v) is 4.42. The van der Waals surface area contributed by atoms with Crippen LogP contribution in [0.3, 0.4) is 0 Å². The molecule has 82 valence electrons. The summed E-state index contributed by atoms with van der Waals surface area (Å²) in [5.74, 6) is -0.00588. The van der Waals surface area contributed by atoms with Gasteiger partial charge in [0.1, 0.15) is 0 Å². The molecule has 0 aliphatic heterocycles. The lowest BCUT2D eigenvalue weighted by atomic mass is 9.72. The molecular formula is C13H18O2. The Kier molecular flexibility index (Phi) is 3.08. The second kappa shape index (κ2) is 4.33. The van der Waals surface area contributed by atoms with E-state index in [0.29, 0.717) is 0 Å². The predicted octanol–water partition coefficient (Wildman–Crippen LogP) is 2.06. The second-order valence-electron chi connectivity index (χ2n) is 4.42. The van der Waals surface area contributed by atoms with Crippen molar-refractivity contribution >= 4 is 0 Å². The molecule has 1 aliphatic rings. The normalized spacial score (nSPS) is 31.5. The van der Waals surface area contributed by atoms with Crippen molar-refractivity contribution in [2.45, 2.75) is 31.3 Å². The van der Waals surface area contributed by atoms with Crippen LogP contribution in [0.15, 0.2) is 30.3 Å². The van der Waals surface area contributed by atoms with E-state index in [1.165, 1.54) is 0 Å². The van der Waals surface area contributed by atoms with Gasteiger partial charge in [-0.25, -0.2) is 0 Å². The Labute approximate surface area is 90.6 Å². The lowest BCUT2D eigenvalue weighted by Gasteiger charge is -2.39. The van der Waals surface area contributed by atoms with Crippen LogP contribution in [-0.2, 0) is 5.60 Å². The van der Waals surface area contributed by atoms with E-state index < -0.39 is 5.60 Å². The van der Waals surface area contributed by atoms with Crippen LogP contribution < -0.4 is 0 Å². The van der Waals surface area contributed by atoms with Crippen molar-refractivity contribution in [2.75, 3.05) is 6.61 Å². The average Bonchev–Trinajstić information content (AvgIpc) is 2.31. The highest BCUT2D eigenvalue weighted by molar-refractivity contribution is 5.23. The van der Waals surface area contributed by atoms with Crippen molar-refractivity contribution in [3.63, 3.8) is 0 Å². The number of hydrogen-bond donors (Lipinski definition) is 2. The van der Waals surface area contributed by atoms with Gasteiger partial charge in [-0.1, -0.05) is 43.2 Å². The molecule has 0 aromatic heterocycles. The minimum absolute atomic E-state index is 0.00588. The van der Waals surface area contributed by atoms with E-state index in [2.05, 4.69) is 0 Å². The molecular weight excluding hydrogens is 188 g/mol. The number of hydrogen-bond acceptors (Lipinski definition) is 2. The molecule has 0 amide bonds. The molecule has 2 nitrogen and oxygen atoms in total. The van der Waals surface area contributed by atoms with Crippen LogP contribution in [0.25, 0.3) is 0 Å². The first-order chi connectivity index (χ1) is 7.27. The summed E-state index contributed by atoms with van der Waals surface area (Å²) in [5, 5.41) is 20.0. The first-order valence-corrected chi connectivity index (χ1v) is 5.66. The fraction of sp³-hybridized carbons (Fsp3) is 0.538. The monoisotopic (exact) mass is 206 g/mol. The number of aliphatic hydroxyl groups is 2. The molecule has 2 N–H and O–H groups in total. The van der Waals surface area contributed by atoms with Gasteiger partial charge in [-0.2, -0.15) is 0 Å². The third-order valence-corrected chi connectivity index (χ3v) is 3.53. The van der Waals surface area contributed by atoms with Crippen LogP contribution >= 0.6 is 0 Å². The Hall–Kier alpha value is -0.860. The summed E-state index contributed by atoms with van der Waals surface area (Å²) in [7, 11) is 0. The van der Waals surface area contributed by atoms with Crippen LogP contribution in [0, 0.1) is 5.92 Å². The van der Waals surface area contributed by atoms with Crippen LogP contribution in [0.2, 0.25) is 0 Å². The first-order valence-electron chi connectivity index (χ1n) is 5.66. The van der Waals surface area contributed by atoms with E-state index >= 15 is 0 Å². The van der Waals surface area contributed by atoms with E-state index in [9.17, 15) is 10.2 Å². The molecule has 0 unspecified atom stereocenters. The molecule has 0 radical (unpaired) electrons. The van der Waals surface area contributed by atoms with Crippen LogP contribution in [-0.4, -0.2) is 16.8 Å². The minimum atomic E-state index is -0.811. The topological polar surface area (TPSA) is 40.5 Å². The zero-order valence-corrected chi connectivity index (χ0v) is 8.89. The molecule has 15 heavy (non-hydrogen) atoms. The Morgan fingerprint density at radius 1 is 1.20 bits per heavy atom. The number of benzene rings is 1. The van der Waals surface area contributed by atoms with Gasteiger partial charge in [0, 0.05) is 12.5 Å². The smallest absolute Gasteiger partial charge is 0.0946 e. The van der Waals surface area contributed by atoms with Gasteiger partial charge in [0.25, 0.3) is 0 Å². The van der Waals surface area contributed by atoms with Gasteiger partial charge in [-0.05, 0) is 18.4 Å². The molecule has 1 aromatic carbocycles. The largest absolute Gasteiger partial charge is 0.396 e. The Morgan fingerprint density at radius 2 is 1.93 bits per heavy atom. The lowest BCUT2D eigenvalue weighted by molar-refractivity contribution is -0.0729. The van der Waals surface area contributed by atoms with E-state index in [1.54, 1.807) is 0 Å². The molecule has 1 fully saturated rings. The molecule has 0 bridgehead atoms. The van der Waals surface area contributed by atoms with E-state index in [-0.39, 0.29) is 12.5 Å². The van der Waals surface area contributed by atoms with Gasteiger partial charge in [0.05, 0.1) is 5.60 Å². The van der Waals surface area contributed by atoms with Crippen molar-refractivity contribution in [3.8, 4) is 0 Å². The highest BCUT2D eigenvalue weighted by Crippen LogP contribution is 2.41. The zero-order chi connectivity index (χ0) is 10.7. The third-order valence-electron chi connectivity index (χ3n) is 3.53. The summed E-state index contributed by atoms with van der Waals surface area (Å²) in [6.45, 7) is 0.0748. The zero-order valence-electron chi connectivity index (χ0n) is 8.89. The van der Waals surface area contributed by atoms with Crippen molar-refractivity contribution < 1.29 is 10.2 Å². The van der Waals surface area contributed by atoms with E-state index in [1.807, 2.05) is 30.3 Å². The standard InChI is InChI=1S/C13H18O2/c14-10-12-8-4-5-9-13(12,15)11-6-2-1-3-7-11/h1-3,6-7,12,14-15H,4-5,8-10H2/t12-,13-/m0/s1. The van der Waals surface area contributed by atoms with Crippen LogP contribution in [0.4, 0.5) is 0 Å². The average molecular weight is 206 g/mol. The SMILES string of the molecule is OC[C@@H]1CCCC[C@]1(O)c1ccccc1. The minimum Gasteiger partial charge on any atom is -0.396 e. The quantitative estimate of drug-likeness (QED) is 0.777. The summed E-state index contributed by atoms with van der Waals surface area (Å²) in [6.07, 6.45) is 3.84. The fourth-order valence-electron chi connectivity index (χ4n) is 2.58. The fourth-order valence-corrected chi connectivity index (χ4v) is 2.58. The molecule has 1 saturated carbocycles. The molecule has 0 saturated heterocycles. The Balaban J connectivity index is 2.30. The van der Waals surface area contributed by atoms with Gasteiger partial charge in [-0.3, -0.25) is 0 Å². The Morgan fingerprint density at radius 3 is 2.60 bits per heavy atom. The summed E-state index contributed by atoms with van der Waals surface area (Å²) < 4.78 is 0. The Bertz CT molecular complexity index is 310. The molecule has 2 heteroatoms. The lowest BCUT2D eigenvalue weighted by Crippen LogP contribution is -2.39. The van der Waals surface area contributed by atoms with Gasteiger partial charge in [0.2, 0.25) is 0 Å². The summed E-state index contributed by atoms with van der Waals surface area (Å²) >= 11 is 0. The van der Waals surface area contributed by atoms with E-state index in [0.717, 1.165) is 31.2 Å². The maximum atomic E-state index is 10.6. The van der Waals surface area contributed by atoms with Crippen molar-refractivity contribution in [2.24, 2.45) is 5.92 Å². The maximum Gasteiger partial charge on any atom is 0.0946 e. The van der Waals surface area contributed by atoms with Gasteiger partial charge in [-0.15, -0.1) is 0 Å².